The average molecular weight is 251 g/mol. The summed E-state index contributed by atoms with van der Waals surface area (Å²) in [6.07, 6.45) is 7.62. The lowest BCUT2D eigenvalue weighted by Gasteiger charge is -2.17. The Morgan fingerprint density at radius 1 is 1.29 bits per heavy atom. The monoisotopic (exact) mass is 251 g/mol. The van der Waals surface area contributed by atoms with Crippen molar-refractivity contribution in [2.75, 3.05) is 12.3 Å². The first-order valence-electron chi connectivity index (χ1n) is 6.77. The van der Waals surface area contributed by atoms with E-state index in [0.29, 0.717) is 0 Å². The molecule has 0 radical (unpaired) electrons. The van der Waals surface area contributed by atoms with Crippen molar-refractivity contribution < 1.29 is 4.42 Å². The summed E-state index contributed by atoms with van der Waals surface area (Å²) in [5.74, 6) is 5.31. The summed E-state index contributed by atoms with van der Waals surface area (Å²) in [6.45, 7) is 1.16. The summed E-state index contributed by atoms with van der Waals surface area (Å²) in [4.78, 5) is 0. The number of thioether (sulfide) groups is 1. The molecule has 0 spiro atoms. The zero-order valence-corrected chi connectivity index (χ0v) is 11.0. The molecule has 2 saturated carbocycles. The minimum atomic E-state index is 0.846. The van der Waals surface area contributed by atoms with Crippen LogP contribution in [0.2, 0.25) is 0 Å². The van der Waals surface area contributed by atoms with Crippen LogP contribution in [0.1, 0.15) is 31.4 Å². The summed E-state index contributed by atoms with van der Waals surface area (Å²) in [5, 5.41) is 3.77. The van der Waals surface area contributed by atoms with Crippen LogP contribution in [0, 0.1) is 11.8 Å². The van der Waals surface area contributed by atoms with Gasteiger partial charge in [0.15, 0.2) is 0 Å². The van der Waals surface area contributed by atoms with Crippen LogP contribution in [0.25, 0.3) is 0 Å². The van der Waals surface area contributed by atoms with Gasteiger partial charge in [-0.15, -0.1) is 0 Å². The molecule has 94 valence electrons. The Morgan fingerprint density at radius 3 is 2.65 bits per heavy atom. The summed E-state index contributed by atoms with van der Waals surface area (Å²) in [5.41, 5.74) is 0. The molecule has 17 heavy (non-hydrogen) atoms. The van der Waals surface area contributed by atoms with E-state index in [9.17, 15) is 0 Å². The maximum Gasteiger partial charge on any atom is 0.113 e. The molecule has 0 aromatic carbocycles. The van der Waals surface area contributed by atoms with Crippen LogP contribution >= 0.6 is 11.8 Å². The van der Waals surface area contributed by atoms with Crippen LogP contribution in [-0.2, 0) is 5.75 Å². The van der Waals surface area contributed by atoms with Crippen molar-refractivity contribution in [2.45, 2.75) is 37.5 Å². The standard InChI is InChI=1S/C14H21NOS/c1-2-13(16-8-1)10-17-9-7-15-14(11-3-4-11)12-5-6-12/h1-2,8,11-12,14-15H,3-7,9-10H2. The fraction of sp³-hybridized carbons (Fsp3) is 0.714. The maximum absolute atomic E-state index is 5.32. The molecular formula is C14H21NOS. The molecule has 2 nitrogen and oxygen atoms in total. The van der Waals surface area contributed by atoms with E-state index < -0.39 is 0 Å². The highest BCUT2D eigenvalue weighted by molar-refractivity contribution is 7.98. The fourth-order valence-electron chi connectivity index (χ4n) is 2.49. The van der Waals surface area contributed by atoms with Gasteiger partial charge in [-0.05, 0) is 49.7 Å². The van der Waals surface area contributed by atoms with E-state index in [2.05, 4.69) is 11.4 Å². The van der Waals surface area contributed by atoms with Gasteiger partial charge in [0.2, 0.25) is 0 Å². The Kier molecular flexibility index (Phi) is 3.77. The summed E-state index contributed by atoms with van der Waals surface area (Å²) in [6, 6.07) is 4.86. The quantitative estimate of drug-likeness (QED) is 0.718. The SMILES string of the molecule is c1coc(CSCCNC(C2CC2)C2CC2)c1. The molecule has 0 saturated heterocycles. The zero-order chi connectivity index (χ0) is 11.5. The van der Waals surface area contributed by atoms with Crippen LogP contribution in [0.15, 0.2) is 22.8 Å². The van der Waals surface area contributed by atoms with Crippen molar-refractivity contribution in [3.63, 3.8) is 0 Å². The molecule has 1 aromatic heterocycles. The van der Waals surface area contributed by atoms with Gasteiger partial charge in [0.05, 0.1) is 12.0 Å². The van der Waals surface area contributed by atoms with Gasteiger partial charge in [0.1, 0.15) is 5.76 Å². The largest absolute Gasteiger partial charge is 0.468 e. The molecular weight excluding hydrogens is 230 g/mol. The summed E-state index contributed by atoms with van der Waals surface area (Å²) in [7, 11) is 0. The minimum Gasteiger partial charge on any atom is -0.468 e. The lowest BCUT2D eigenvalue weighted by molar-refractivity contribution is 0.429. The number of furan rings is 1. The van der Waals surface area contributed by atoms with E-state index in [4.69, 9.17) is 4.42 Å². The van der Waals surface area contributed by atoms with Crippen molar-refractivity contribution in [2.24, 2.45) is 11.8 Å². The zero-order valence-electron chi connectivity index (χ0n) is 10.2. The lowest BCUT2D eigenvalue weighted by atomic mass is 10.1. The first-order chi connectivity index (χ1) is 8.43. The summed E-state index contributed by atoms with van der Waals surface area (Å²) < 4.78 is 5.32. The van der Waals surface area contributed by atoms with E-state index in [0.717, 1.165) is 35.9 Å². The predicted molar refractivity (Wildman–Crippen MR) is 72.1 cm³/mol. The predicted octanol–water partition coefficient (Wildman–Crippen LogP) is 3.29. The molecule has 0 unspecified atom stereocenters. The van der Waals surface area contributed by atoms with E-state index in [1.54, 1.807) is 6.26 Å². The van der Waals surface area contributed by atoms with Gasteiger partial charge in [-0.25, -0.2) is 0 Å². The molecule has 0 bridgehead atoms. The van der Waals surface area contributed by atoms with Gasteiger partial charge in [-0.3, -0.25) is 0 Å². The maximum atomic E-state index is 5.32. The molecule has 0 aliphatic heterocycles. The number of rotatable bonds is 8. The van der Waals surface area contributed by atoms with Gasteiger partial charge in [-0.1, -0.05) is 0 Å². The van der Waals surface area contributed by atoms with Gasteiger partial charge >= 0.3 is 0 Å². The van der Waals surface area contributed by atoms with E-state index in [-0.39, 0.29) is 0 Å². The third-order valence-corrected chi connectivity index (χ3v) is 4.69. The second-order valence-electron chi connectivity index (χ2n) is 5.29. The van der Waals surface area contributed by atoms with Gasteiger partial charge in [0.25, 0.3) is 0 Å². The number of hydrogen-bond acceptors (Lipinski definition) is 3. The van der Waals surface area contributed by atoms with Crippen LogP contribution in [-0.4, -0.2) is 18.3 Å². The van der Waals surface area contributed by atoms with Crippen molar-refractivity contribution in [1.82, 2.24) is 5.32 Å². The third kappa shape index (κ3) is 3.52. The molecule has 1 heterocycles. The Bertz CT molecular complexity index is 318. The van der Waals surface area contributed by atoms with Crippen molar-refractivity contribution in [1.29, 1.82) is 0 Å². The molecule has 3 rings (SSSR count). The van der Waals surface area contributed by atoms with Crippen LogP contribution in [0.5, 0.6) is 0 Å². The first-order valence-corrected chi connectivity index (χ1v) is 7.92. The molecule has 2 aliphatic carbocycles. The van der Waals surface area contributed by atoms with E-state index in [1.165, 1.54) is 31.4 Å². The second-order valence-corrected chi connectivity index (χ2v) is 6.39. The first kappa shape index (κ1) is 11.7. The Hall–Kier alpha value is -0.410. The molecule has 2 aliphatic rings. The smallest absolute Gasteiger partial charge is 0.113 e. The highest BCUT2D eigenvalue weighted by Gasteiger charge is 2.40. The van der Waals surface area contributed by atoms with Gasteiger partial charge in [0, 0.05) is 18.3 Å². The molecule has 1 N–H and O–H groups in total. The van der Waals surface area contributed by atoms with Crippen LogP contribution in [0.3, 0.4) is 0 Å². The van der Waals surface area contributed by atoms with Crippen molar-refractivity contribution in [3.8, 4) is 0 Å². The normalized spacial score (nSPS) is 20.1. The van der Waals surface area contributed by atoms with Crippen molar-refractivity contribution >= 4 is 11.8 Å². The van der Waals surface area contributed by atoms with Crippen LogP contribution in [0.4, 0.5) is 0 Å². The Balaban J connectivity index is 1.29. The Labute approximate surface area is 108 Å². The Morgan fingerprint density at radius 2 is 2.06 bits per heavy atom. The minimum absolute atomic E-state index is 0.846. The fourth-order valence-corrected chi connectivity index (χ4v) is 3.27. The van der Waals surface area contributed by atoms with Crippen molar-refractivity contribution in [3.05, 3.63) is 24.2 Å². The van der Waals surface area contributed by atoms with Crippen LogP contribution < -0.4 is 5.32 Å². The van der Waals surface area contributed by atoms with E-state index >= 15 is 0 Å². The molecule has 1 aromatic rings. The lowest BCUT2D eigenvalue weighted by Crippen LogP contribution is -2.34. The highest BCUT2D eigenvalue weighted by Crippen LogP contribution is 2.44. The third-order valence-electron chi connectivity index (χ3n) is 3.71. The topological polar surface area (TPSA) is 25.2 Å². The molecule has 3 heteroatoms. The number of hydrogen-bond donors (Lipinski definition) is 1. The van der Waals surface area contributed by atoms with Gasteiger partial charge in [-0.2, -0.15) is 11.8 Å². The van der Waals surface area contributed by atoms with E-state index in [1.807, 2.05) is 17.8 Å². The molecule has 0 atom stereocenters. The van der Waals surface area contributed by atoms with Gasteiger partial charge < -0.3 is 9.73 Å². The number of nitrogens with one attached hydrogen (secondary N) is 1. The summed E-state index contributed by atoms with van der Waals surface area (Å²) >= 11 is 1.96. The highest BCUT2D eigenvalue weighted by atomic mass is 32.2. The average Bonchev–Trinajstić information content (AvgIpc) is 3.25. The molecule has 2 fully saturated rings. The molecule has 0 amide bonds. The second kappa shape index (κ2) is 5.49.